The van der Waals surface area contributed by atoms with Crippen LogP contribution in [0.3, 0.4) is 0 Å². The molecule has 3 rings (SSSR count). The first-order valence-electron chi connectivity index (χ1n) is 5.71. The van der Waals surface area contributed by atoms with Crippen molar-refractivity contribution in [3.8, 4) is 11.3 Å². The lowest BCUT2D eigenvalue weighted by Gasteiger charge is -2.05. The summed E-state index contributed by atoms with van der Waals surface area (Å²) < 4.78 is 15.8. The van der Waals surface area contributed by atoms with Crippen molar-refractivity contribution < 1.29 is 4.39 Å². The molecule has 0 saturated heterocycles. The molecule has 0 N–H and O–H groups in total. The average molecular weight is 304 g/mol. The summed E-state index contributed by atoms with van der Waals surface area (Å²) in [6.07, 6.45) is 0. The molecular formula is C15H11BrFN. The monoisotopic (exact) mass is 303 g/mol. The molecule has 0 radical (unpaired) electrons. The van der Waals surface area contributed by atoms with Gasteiger partial charge in [0.1, 0.15) is 5.82 Å². The van der Waals surface area contributed by atoms with Crippen LogP contribution in [0, 0.1) is 12.7 Å². The number of hydrogen-bond donors (Lipinski definition) is 0. The fourth-order valence-corrected chi connectivity index (χ4v) is 3.08. The Labute approximate surface area is 113 Å². The van der Waals surface area contributed by atoms with Gasteiger partial charge in [0.25, 0.3) is 0 Å². The molecule has 0 aliphatic heterocycles. The summed E-state index contributed by atoms with van der Waals surface area (Å²) in [5.41, 5.74) is 3.61. The highest BCUT2D eigenvalue weighted by atomic mass is 79.9. The number of halogens is 2. The van der Waals surface area contributed by atoms with Crippen molar-refractivity contribution in [3.63, 3.8) is 0 Å². The van der Waals surface area contributed by atoms with Gasteiger partial charge in [0, 0.05) is 10.9 Å². The zero-order chi connectivity index (χ0) is 12.7. The summed E-state index contributed by atoms with van der Waals surface area (Å²) in [7, 11) is 0. The maximum absolute atomic E-state index is 13.9. The van der Waals surface area contributed by atoms with Crippen LogP contribution in [0.4, 0.5) is 4.39 Å². The fraction of sp³-hybridized carbons (Fsp3) is 0.0667. The van der Waals surface area contributed by atoms with E-state index in [9.17, 15) is 4.39 Å². The molecule has 0 bridgehead atoms. The molecule has 2 aromatic carbocycles. The lowest BCUT2D eigenvalue weighted by molar-refractivity contribution is 0.630. The summed E-state index contributed by atoms with van der Waals surface area (Å²) in [6, 6.07) is 14.9. The minimum atomic E-state index is -0.205. The molecule has 1 aromatic heterocycles. The van der Waals surface area contributed by atoms with E-state index in [2.05, 4.69) is 16.1 Å². The quantitative estimate of drug-likeness (QED) is 0.602. The maximum Gasteiger partial charge on any atom is 0.132 e. The van der Waals surface area contributed by atoms with E-state index < -0.39 is 0 Å². The Hall–Kier alpha value is -1.61. The van der Waals surface area contributed by atoms with Crippen LogP contribution in [0.1, 0.15) is 5.56 Å². The predicted molar refractivity (Wildman–Crippen MR) is 76.4 cm³/mol. The maximum atomic E-state index is 13.9. The molecular weight excluding hydrogens is 293 g/mol. The highest BCUT2D eigenvalue weighted by Crippen LogP contribution is 2.35. The van der Waals surface area contributed by atoms with Crippen molar-refractivity contribution in [1.82, 2.24) is 3.59 Å². The minimum absolute atomic E-state index is 0.205. The molecule has 3 heteroatoms. The van der Waals surface area contributed by atoms with E-state index in [1.54, 1.807) is 12.1 Å². The molecule has 90 valence electrons. The number of para-hydroxylation sites is 1. The third kappa shape index (κ3) is 1.58. The lowest BCUT2D eigenvalue weighted by atomic mass is 10.1. The van der Waals surface area contributed by atoms with Crippen molar-refractivity contribution in [2.45, 2.75) is 6.92 Å². The third-order valence-corrected chi connectivity index (χ3v) is 3.94. The third-order valence-electron chi connectivity index (χ3n) is 3.20. The highest BCUT2D eigenvalue weighted by molar-refractivity contribution is 9.08. The van der Waals surface area contributed by atoms with Gasteiger partial charge in [0.15, 0.2) is 0 Å². The first-order chi connectivity index (χ1) is 8.70. The molecule has 18 heavy (non-hydrogen) atoms. The van der Waals surface area contributed by atoms with Crippen molar-refractivity contribution in [1.29, 1.82) is 0 Å². The Morgan fingerprint density at radius 2 is 1.67 bits per heavy atom. The number of rotatable bonds is 1. The average Bonchev–Trinajstić information content (AvgIpc) is 2.64. The summed E-state index contributed by atoms with van der Waals surface area (Å²) in [4.78, 5) is 0. The van der Waals surface area contributed by atoms with Gasteiger partial charge in [-0.3, -0.25) is 3.59 Å². The van der Waals surface area contributed by atoms with Gasteiger partial charge in [-0.25, -0.2) is 4.39 Å². The Morgan fingerprint density at radius 1 is 1.00 bits per heavy atom. The molecule has 1 nitrogen and oxygen atoms in total. The molecule has 0 spiro atoms. The van der Waals surface area contributed by atoms with E-state index in [1.807, 2.05) is 40.8 Å². The Morgan fingerprint density at radius 3 is 2.39 bits per heavy atom. The van der Waals surface area contributed by atoms with Crippen LogP contribution in [0.2, 0.25) is 0 Å². The SMILES string of the molecule is Cc1c(-c2ccccc2F)n(Br)c2ccccc12. The molecule has 0 saturated carbocycles. The highest BCUT2D eigenvalue weighted by Gasteiger charge is 2.16. The fourth-order valence-electron chi connectivity index (χ4n) is 2.32. The van der Waals surface area contributed by atoms with Gasteiger partial charge in [0.05, 0.1) is 27.4 Å². The van der Waals surface area contributed by atoms with Crippen molar-refractivity contribution in [2.24, 2.45) is 0 Å². The van der Waals surface area contributed by atoms with Gasteiger partial charge in [0.2, 0.25) is 0 Å². The molecule has 0 atom stereocenters. The van der Waals surface area contributed by atoms with Gasteiger partial charge >= 0.3 is 0 Å². The smallest absolute Gasteiger partial charge is 0.132 e. The zero-order valence-corrected chi connectivity index (χ0v) is 11.4. The molecule has 1 heterocycles. The second-order valence-corrected chi connectivity index (χ2v) is 4.96. The number of aryl methyl sites for hydroxylation is 1. The normalized spacial score (nSPS) is 11.1. The second-order valence-electron chi connectivity index (χ2n) is 4.25. The summed E-state index contributed by atoms with van der Waals surface area (Å²) >= 11 is 3.52. The Balaban J connectivity index is 2.40. The molecule has 0 aliphatic carbocycles. The van der Waals surface area contributed by atoms with Crippen LogP contribution < -0.4 is 0 Å². The van der Waals surface area contributed by atoms with E-state index in [0.717, 1.165) is 22.2 Å². The van der Waals surface area contributed by atoms with E-state index in [1.165, 1.54) is 6.07 Å². The van der Waals surface area contributed by atoms with Gasteiger partial charge in [-0.2, -0.15) is 0 Å². The number of fused-ring (bicyclic) bond motifs is 1. The largest absolute Gasteiger partial charge is 0.275 e. The van der Waals surface area contributed by atoms with Crippen LogP contribution in [-0.2, 0) is 0 Å². The van der Waals surface area contributed by atoms with Crippen molar-refractivity contribution in [2.75, 3.05) is 0 Å². The van der Waals surface area contributed by atoms with E-state index >= 15 is 0 Å². The molecule has 0 unspecified atom stereocenters. The van der Waals surface area contributed by atoms with E-state index in [-0.39, 0.29) is 5.82 Å². The van der Waals surface area contributed by atoms with E-state index in [0.29, 0.717) is 5.56 Å². The van der Waals surface area contributed by atoms with Crippen LogP contribution in [0.5, 0.6) is 0 Å². The van der Waals surface area contributed by atoms with Crippen LogP contribution >= 0.6 is 16.1 Å². The Bertz CT molecular complexity index is 691. The van der Waals surface area contributed by atoms with Crippen LogP contribution in [0.15, 0.2) is 48.5 Å². The predicted octanol–water partition coefficient (Wildman–Crippen LogP) is 4.91. The first kappa shape index (κ1) is 11.5. The van der Waals surface area contributed by atoms with Crippen LogP contribution in [0.25, 0.3) is 22.2 Å². The number of hydrogen-bond acceptors (Lipinski definition) is 0. The van der Waals surface area contributed by atoms with E-state index in [4.69, 9.17) is 0 Å². The van der Waals surface area contributed by atoms with Gasteiger partial charge < -0.3 is 0 Å². The molecule has 3 aromatic rings. The summed E-state index contributed by atoms with van der Waals surface area (Å²) in [5, 5.41) is 1.13. The molecule has 0 fully saturated rings. The molecule has 0 amide bonds. The number of nitrogens with zero attached hydrogens (tertiary/aromatic N) is 1. The first-order valence-corrected chi connectivity index (χ1v) is 6.42. The standard InChI is InChI=1S/C15H11BrFN/c1-10-11-6-3-5-9-14(11)18(16)15(10)12-7-2-4-8-13(12)17/h2-9H,1H3. The second kappa shape index (κ2) is 4.25. The van der Waals surface area contributed by atoms with Crippen molar-refractivity contribution in [3.05, 3.63) is 59.9 Å². The lowest BCUT2D eigenvalue weighted by Crippen LogP contribution is -1.89. The topological polar surface area (TPSA) is 4.93 Å². The van der Waals surface area contributed by atoms with Gasteiger partial charge in [-0.15, -0.1) is 0 Å². The number of benzene rings is 2. The zero-order valence-electron chi connectivity index (χ0n) is 9.82. The summed E-state index contributed by atoms with van der Waals surface area (Å²) in [6.45, 7) is 2.02. The van der Waals surface area contributed by atoms with Crippen LogP contribution in [-0.4, -0.2) is 3.59 Å². The van der Waals surface area contributed by atoms with Gasteiger partial charge in [-0.05, 0) is 30.7 Å². The minimum Gasteiger partial charge on any atom is -0.275 e. The summed E-state index contributed by atoms with van der Waals surface area (Å²) in [5.74, 6) is -0.205. The van der Waals surface area contributed by atoms with Crippen molar-refractivity contribution >= 4 is 27.1 Å². The molecule has 0 aliphatic rings. The Kier molecular flexibility index (Phi) is 2.71. The number of aromatic nitrogens is 1. The van der Waals surface area contributed by atoms with Gasteiger partial charge in [-0.1, -0.05) is 30.3 Å².